The van der Waals surface area contributed by atoms with Crippen molar-refractivity contribution < 1.29 is 14.3 Å². The maximum atomic E-state index is 13.3. The highest BCUT2D eigenvalue weighted by molar-refractivity contribution is 9.10. The fraction of sp³-hybridized carbons (Fsp3) is 0.542. The van der Waals surface area contributed by atoms with Gasteiger partial charge in [-0.3, -0.25) is 9.59 Å². The number of nitrogens with zero attached hydrogens (tertiary/aromatic N) is 5. The SMILES string of the molecule is C=C(C)[C@@H](NC(=O)c1cn(COCC[Si](C)(C)C)c2ncc(Br)nc12)C(=O)N1CCC(C#N)CC1. The number of likely N-dealkylation sites (tertiary alicyclic amines) is 1. The van der Waals surface area contributed by atoms with Gasteiger partial charge >= 0.3 is 0 Å². The third kappa shape index (κ3) is 6.99. The zero-order chi connectivity index (χ0) is 25.8. The van der Waals surface area contributed by atoms with Gasteiger partial charge in [0.25, 0.3) is 5.91 Å². The van der Waals surface area contributed by atoms with E-state index in [4.69, 9.17) is 10.00 Å². The fourth-order valence-corrected chi connectivity index (χ4v) is 4.89. The highest BCUT2D eigenvalue weighted by atomic mass is 79.9. The number of carbonyl (C=O) groups excluding carboxylic acids is 2. The zero-order valence-electron chi connectivity index (χ0n) is 20.8. The minimum Gasteiger partial charge on any atom is -0.361 e. The van der Waals surface area contributed by atoms with Crippen molar-refractivity contribution in [2.75, 3.05) is 19.7 Å². The molecule has 188 valence electrons. The molecule has 3 heterocycles. The molecule has 35 heavy (non-hydrogen) atoms. The molecule has 0 unspecified atom stereocenters. The molecule has 0 spiro atoms. The fourth-order valence-electron chi connectivity index (χ4n) is 3.85. The molecule has 0 aromatic carbocycles. The van der Waals surface area contributed by atoms with Crippen molar-refractivity contribution in [2.24, 2.45) is 5.92 Å². The van der Waals surface area contributed by atoms with E-state index in [9.17, 15) is 9.59 Å². The number of halogens is 1. The Morgan fingerprint density at radius 2 is 2.06 bits per heavy atom. The average Bonchev–Trinajstić information content (AvgIpc) is 3.16. The van der Waals surface area contributed by atoms with Crippen molar-refractivity contribution in [3.8, 4) is 6.07 Å². The first-order chi connectivity index (χ1) is 16.5. The Bertz CT molecular complexity index is 1140. The van der Waals surface area contributed by atoms with Crippen molar-refractivity contribution in [2.45, 2.75) is 58.2 Å². The van der Waals surface area contributed by atoms with Crippen LogP contribution in [0.2, 0.25) is 25.7 Å². The number of hydrogen-bond donors (Lipinski definition) is 1. The van der Waals surface area contributed by atoms with Crippen molar-refractivity contribution in [3.63, 3.8) is 0 Å². The molecule has 2 aromatic heterocycles. The second-order valence-corrected chi connectivity index (χ2v) is 16.6. The number of fused-ring (bicyclic) bond motifs is 1. The number of ether oxygens (including phenoxy) is 1. The summed E-state index contributed by atoms with van der Waals surface area (Å²) in [5.41, 5.74) is 1.80. The van der Waals surface area contributed by atoms with E-state index in [1.54, 1.807) is 28.8 Å². The summed E-state index contributed by atoms with van der Waals surface area (Å²) in [5.74, 6) is -0.683. The zero-order valence-corrected chi connectivity index (χ0v) is 23.4. The van der Waals surface area contributed by atoms with Crippen LogP contribution in [-0.2, 0) is 16.3 Å². The molecule has 11 heteroatoms. The Hall–Kier alpha value is -2.55. The normalized spacial score (nSPS) is 15.6. The molecule has 1 saturated heterocycles. The first-order valence-corrected chi connectivity index (χ1v) is 16.2. The number of amides is 2. The van der Waals surface area contributed by atoms with E-state index < -0.39 is 20.0 Å². The number of piperidine rings is 1. The Morgan fingerprint density at radius 1 is 1.37 bits per heavy atom. The van der Waals surface area contributed by atoms with E-state index >= 15 is 0 Å². The number of carbonyl (C=O) groups is 2. The second kappa shape index (κ2) is 11.5. The summed E-state index contributed by atoms with van der Waals surface area (Å²) in [4.78, 5) is 37.1. The Labute approximate surface area is 215 Å². The lowest BCUT2D eigenvalue weighted by molar-refractivity contribution is -0.133. The summed E-state index contributed by atoms with van der Waals surface area (Å²) in [6.45, 7) is 14.4. The lowest BCUT2D eigenvalue weighted by Gasteiger charge is -2.32. The largest absolute Gasteiger partial charge is 0.361 e. The number of rotatable bonds is 9. The van der Waals surface area contributed by atoms with E-state index in [0.29, 0.717) is 59.4 Å². The van der Waals surface area contributed by atoms with E-state index in [1.165, 1.54) is 0 Å². The van der Waals surface area contributed by atoms with Crippen molar-refractivity contribution in [1.29, 1.82) is 5.26 Å². The van der Waals surface area contributed by atoms with Gasteiger partial charge in [-0.2, -0.15) is 5.26 Å². The van der Waals surface area contributed by atoms with Crippen LogP contribution in [-0.4, -0.2) is 65.1 Å². The van der Waals surface area contributed by atoms with Crippen LogP contribution < -0.4 is 5.32 Å². The van der Waals surface area contributed by atoms with Crippen LogP contribution in [0.15, 0.2) is 29.1 Å². The molecule has 1 aliphatic rings. The van der Waals surface area contributed by atoms with Crippen LogP contribution in [0.1, 0.15) is 30.1 Å². The van der Waals surface area contributed by atoms with E-state index in [2.05, 4.69) is 63.5 Å². The van der Waals surface area contributed by atoms with Crippen molar-refractivity contribution in [3.05, 3.63) is 34.7 Å². The molecule has 0 aliphatic carbocycles. The van der Waals surface area contributed by atoms with E-state index in [1.807, 2.05) is 0 Å². The first kappa shape index (κ1) is 27.0. The molecule has 3 rings (SSSR count). The topological polar surface area (TPSA) is 113 Å². The Morgan fingerprint density at radius 3 is 2.66 bits per heavy atom. The van der Waals surface area contributed by atoms with Gasteiger partial charge in [0, 0.05) is 39.9 Å². The minimum atomic E-state index is -1.22. The van der Waals surface area contributed by atoms with Gasteiger partial charge in [-0.05, 0) is 47.3 Å². The summed E-state index contributed by atoms with van der Waals surface area (Å²) in [5, 5.41) is 12.0. The molecule has 2 aromatic rings. The van der Waals surface area contributed by atoms with Crippen molar-refractivity contribution in [1.82, 2.24) is 24.8 Å². The Kier molecular flexibility index (Phi) is 8.85. The molecule has 9 nitrogen and oxygen atoms in total. The lowest BCUT2D eigenvalue weighted by atomic mass is 9.97. The predicted octanol–water partition coefficient (Wildman–Crippen LogP) is 3.94. The van der Waals surface area contributed by atoms with E-state index in [-0.39, 0.29) is 18.6 Å². The summed E-state index contributed by atoms with van der Waals surface area (Å²) >= 11 is 3.33. The van der Waals surface area contributed by atoms with Gasteiger partial charge in [-0.1, -0.05) is 26.2 Å². The standard InChI is InChI=1S/C24H33BrN6O3Si/c1-16(2)20(24(33)30-8-6-17(12-26)7-9-30)29-23(32)18-14-31(15-34-10-11-35(3,4)5)22-21(18)28-19(25)13-27-22/h13-14,17,20H,1,6-11,15H2,2-5H3,(H,29,32)/t20-/m1/s1. The maximum Gasteiger partial charge on any atom is 0.256 e. The van der Waals surface area contributed by atoms with Crippen LogP contribution in [0.4, 0.5) is 0 Å². The average molecular weight is 562 g/mol. The molecule has 0 bridgehead atoms. The predicted molar refractivity (Wildman–Crippen MR) is 140 cm³/mol. The number of hydrogen-bond acceptors (Lipinski definition) is 6. The molecule has 1 aliphatic heterocycles. The number of aromatic nitrogens is 3. The van der Waals surface area contributed by atoms with Gasteiger partial charge in [-0.25, -0.2) is 9.97 Å². The molecule has 2 amide bonds. The lowest BCUT2D eigenvalue weighted by Crippen LogP contribution is -2.51. The smallest absolute Gasteiger partial charge is 0.256 e. The van der Waals surface area contributed by atoms with Crippen molar-refractivity contribution >= 4 is 47.0 Å². The highest BCUT2D eigenvalue weighted by Gasteiger charge is 2.31. The van der Waals surface area contributed by atoms with Gasteiger partial charge < -0.3 is 19.5 Å². The molecule has 1 N–H and O–H groups in total. The van der Waals surface area contributed by atoms with Crippen LogP contribution >= 0.6 is 15.9 Å². The van der Waals surface area contributed by atoms with Crippen LogP contribution in [0.5, 0.6) is 0 Å². The second-order valence-electron chi connectivity index (χ2n) is 10.2. The summed E-state index contributed by atoms with van der Waals surface area (Å²) in [6, 6.07) is 2.43. The highest BCUT2D eigenvalue weighted by Crippen LogP contribution is 2.22. The van der Waals surface area contributed by atoms with Gasteiger partial charge in [0.2, 0.25) is 5.91 Å². The summed E-state index contributed by atoms with van der Waals surface area (Å²) < 4.78 is 8.14. The van der Waals surface area contributed by atoms with Gasteiger partial charge in [0.15, 0.2) is 5.65 Å². The summed E-state index contributed by atoms with van der Waals surface area (Å²) in [6.07, 6.45) is 4.51. The third-order valence-electron chi connectivity index (χ3n) is 6.01. The minimum absolute atomic E-state index is 0.0342. The molecular formula is C24H33BrN6O3Si. The van der Waals surface area contributed by atoms with Crippen LogP contribution in [0.25, 0.3) is 11.2 Å². The number of nitriles is 1. The number of nitrogens with one attached hydrogen (secondary N) is 1. The molecule has 0 radical (unpaired) electrons. The van der Waals surface area contributed by atoms with E-state index in [0.717, 1.165) is 6.04 Å². The van der Waals surface area contributed by atoms with Gasteiger partial charge in [0.05, 0.1) is 17.8 Å². The summed E-state index contributed by atoms with van der Waals surface area (Å²) in [7, 11) is -1.22. The monoisotopic (exact) mass is 560 g/mol. The molecule has 0 saturated carbocycles. The van der Waals surface area contributed by atoms with Crippen LogP contribution in [0, 0.1) is 17.2 Å². The van der Waals surface area contributed by atoms with Crippen LogP contribution in [0.3, 0.4) is 0 Å². The molecule has 1 fully saturated rings. The van der Waals surface area contributed by atoms with Gasteiger partial charge in [0.1, 0.15) is 22.9 Å². The molecule has 1 atom stereocenters. The van der Waals surface area contributed by atoms with Gasteiger partial charge in [-0.15, -0.1) is 0 Å². The molecular weight excluding hydrogens is 528 g/mol. The Balaban J connectivity index is 1.78. The maximum absolute atomic E-state index is 13.3. The third-order valence-corrected chi connectivity index (χ3v) is 8.10. The quantitative estimate of drug-likeness (QED) is 0.282. The first-order valence-electron chi connectivity index (χ1n) is 11.7.